The quantitative estimate of drug-likeness (QED) is 0.801. The summed E-state index contributed by atoms with van der Waals surface area (Å²) in [6, 6.07) is 19.8. The largest absolute Gasteiger partial charge is 0.466 e. The molecule has 1 fully saturated rings. The van der Waals surface area contributed by atoms with Crippen LogP contribution in [0.5, 0.6) is 0 Å². The molecule has 2 aromatic rings. The highest BCUT2D eigenvalue weighted by molar-refractivity contribution is 8.01. The first kappa shape index (κ1) is 16.1. The van der Waals surface area contributed by atoms with Gasteiger partial charge < -0.3 is 4.74 Å². The zero-order valence-electron chi connectivity index (χ0n) is 13.1. The number of benzene rings is 2. The van der Waals surface area contributed by atoms with E-state index in [9.17, 15) is 4.79 Å². The Balaban J connectivity index is 1.90. The summed E-state index contributed by atoms with van der Waals surface area (Å²) < 4.78 is 5.03. The van der Waals surface area contributed by atoms with Crippen molar-refractivity contribution in [3.05, 3.63) is 66.2 Å². The van der Waals surface area contributed by atoms with Gasteiger partial charge in [0.2, 0.25) is 4.93 Å². The van der Waals surface area contributed by atoms with Gasteiger partial charge in [0.25, 0.3) is 0 Å². The van der Waals surface area contributed by atoms with Gasteiger partial charge in [-0.2, -0.15) is 5.06 Å². The highest BCUT2D eigenvalue weighted by atomic mass is 32.2. The first-order valence-electron chi connectivity index (χ1n) is 7.44. The molecule has 1 aliphatic heterocycles. The molecule has 2 aromatic carbocycles. The fraction of sp³-hybridized carbons (Fsp3) is 0.278. The van der Waals surface area contributed by atoms with Gasteiger partial charge in [-0.1, -0.05) is 60.3 Å². The summed E-state index contributed by atoms with van der Waals surface area (Å²) in [6.07, 6.45) is 0.528. The summed E-state index contributed by atoms with van der Waals surface area (Å²) in [4.78, 5) is 18.4. The number of nitrogens with zero attached hydrogens (tertiary/aromatic N) is 1. The highest BCUT2D eigenvalue weighted by Crippen LogP contribution is 2.48. The van der Waals surface area contributed by atoms with Crippen LogP contribution in [0.25, 0.3) is 0 Å². The number of esters is 1. The van der Waals surface area contributed by atoms with Crippen LogP contribution in [0, 0.1) is 0 Å². The zero-order chi connectivity index (χ0) is 16.3. The van der Waals surface area contributed by atoms with Gasteiger partial charge in [-0.15, -0.1) is 0 Å². The number of hydrogen-bond acceptors (Lipinski definition) is 5. The number of carbonyl (C=O) groups excluding carboxylic acids is 1. The minimum absolute atomic E-state index is 0.00603. The van der Waals surface area contributed by atoms with Crippen LogP contribution >= 0.6 is 11.8 Å². The van der Waals surface area contributed by atoms with E-state index in [0.717, 1.165) is 10.5 Å². The minimum atomic E-state index is -1.06. The third-order valence-corrected chi connectivity index (χ3v) is 5.14. The van der Waals surface area contributed by atoms with Crippen LogP contribution in [0.3, 0.4) is 0 Å². The van der Waals surface area contributed by atoms with Crippen molar-refractivity contribution >= 4 is 17.7 Å². The molecule has 23 heavy (non-hydrogen) atoms. The lowest BCUT2D eigenvalue weighted by molar-refractivity contribution is -0.187. The molecule has 1 saturated heterocycles. The first-order valence-corrected chi connectivity index (χ1v) is 8.26. The van der Waals surface area contributed by atoms with E-state index in [1.165, 1.54) is 18.9 Å². The van der Waals surface area contributed by atoms with Crippen LogP contribution < -0.4 is 0 Å². The number of ether oxygens (including phenoxy) is 1. The molecule has 4 nitrogen and oxygen atoms in total. The van der Waals surface area contributed by atoms with Crippen LogP contribution in [0.4, 0.5) is 0 Å². The molecule has 1 aliphatic rings. The van der Waals surface area contributed by atoms with E-state index < -0.39 is 4.93 Å². The second-order valence-electron chi connectivity index (χ2n) is 5.43. The summed E-state index contributed by atoms with van der Waals surface area (Å²) in [6.45, 7) is 0. The number of thioether (sulfide) groups is 1. The van der Waals surface area contributed by atoms with Crippen molar-refractivity contribution in [3.63, 3.8) is 0 Å². The van der Waals surface area contributed by atoms with Crippen molar-refractivity contribution in [2.75, 3.05) is 14.2 Å². The van der Waals surface area contributed by atoms with Gasteiger partial charge >= 0.3 is 5.97 Å². The standard InChI is InChI=1S/C18H19NO3S/c1-19-16(14-9-5-3-6-10-14)13-18(22-19,17(20)21-2)23-15-11-7-4-8-12-15/h3-12,16H,13H2,1-2H3/t16-,18-/m1/s1. The Hall–Kier alpha value is -1.82. The second-order valence-corrected chi connectivity index (χ2v) is 6.76. The lowest BCUT2D eigenvalue weighted by atomic mass is 10.0. The molecule has 0 saturated carbocycles. The van der Waals surface area contributed by atoms with Crippen molar-refractivity contribution in [2.45, 2.75) is 22.3 Å². The maximum absolute atomic E-state index is 12.5. The van der Waals surface area contributed by atoms with Gasteiger partial charge in [-0.3, -0.25) is 4.84 Å². The van der Waals surface area contributed by atoms with Crippen LogP contribution in [0.15, 0.2) is 65.6 Å². The van der Waals surface area contributed by atoms with E-state index in [0.29, 0.717) is 6.42 Å². The van der Waals surface area contributed by atoms with E-state index in [-0.39, 0.29) is 12.0 Å². The highest BCUT2D eigenvalue weighted by Gasteiger charge is 2.52. The fourth-order valence-electron chi connectivity index (χ4n) is 2.78. The second kappa shape index (κ2) is 6.74. The Labute approximate surface area is 140 Å². The number of rotatable bonds is 4. The molecular formula is C18H19NO3S. The zero-order valence-corrected chi connectivity index (χ0v) is 14.0. The predicted octanol–water partition coefficient (Wildman–Crippen LogP) is 3.66. The van der Waals surface area contributed by atoms with Gasteiger partial charge in [-0.25, -0.2) is 4.79 Å². The van der Waals surface area contributed by atoms with E-state index in [4.69, 9.17) is 9.57 Å². The fourth-order valence-corrected chi connectivity index (χ4v) is 4.01. The molecule has 1 heterocycles. The van der Waals surface area contributed by atoms with E-state index in [1.807, 2.05) is 67.7 Å². The van der Waals surface area contributed by atoms with Crippen LogP contribution in [-0.2, 0) is 14.4 Å². The van der Waals surface area contributed by atoms with Crippen LogP contribution in [0.1, 0.15) is 18.0 Å². The maximum Gasteiger partial charge on any atom is 0.351 e. The normalized spacial score (nSPS) is 24.5. The molecule has 0 N–H and O–H groups in total. The van der Waals surface area contributed by atoms with Crippen molar-refractivity contribution in [3.8, 4) is 0 Å². The SMILES string of the molecule is COC(=O)[C@]1(Sc2ccccc2)C[C@H](c2ccccc2)N(C)O1. The van der Waals surface area contributed by atoms with Gasteiger partial charge in [0.15, 0.2) is 0 Å². The molecule has 0 unspecified atom stereocenters. The Morgan fingerprint density at radius 1 is 1.17 bits per heavy atom. The van der Waals surface area contributed by atoms with Crippen LogP contribution in [-0.4, -0.2) is 30.1 Å². The average molecular weight is 329 g/mol. The summed E-state index contributed by atoms with van der Waals surface area (Å²) in [5.74, 6) is -0.364. The molecule has 0 aromatic heterocycles. The number of hydrogen-bond donors (Lipinski definition) is 0. The van der Waals surface area contributed by atoms with E-state index >= 15 is 0 Å². The Bertz CT molecular complexity index is 664. The molecule has 0 amide bonds. The topological polar surface area (TPSA) is 38.8 Å². The molecular weight excluding hydrogens is 310 g/mol. The molecule has 0 bridgehead atoms. The molecule has 2 atom stereocenters. The molecule has 3 rings (SSSR count). The van der Waals surface area contributed by atoms with Crippen molar-refractivity contribution in [1.29, 1.82) is 0 Å². The van der Waals surface area contributed by atoms with Crippen molar-refractivity contribution in [1.82, 2.24) is 5.06 Å². The Kier molecular flexibility index (Phi) is 4.71. The number of methoxy groups -OCH3 is 1. The van der Waals surface area contributed by atoms with Gasteiger partial charge in [-0.05, 0) is 17.7 Å². The van der Waals surface area contributed by atoms with Crippen molar-refractivity contribution in [2.24, 2.45) is 0 Å². The number of hydroxylamine groups is 2. The van der Waals surface area contributed by atoms with E-state index in [1.54, 1.807) is 5.06 Å². The summed E-state index contributed by atoms with van der Waals surface area (Å²) in [5, 5.41) is 1.75. The smallest absolute Gasteiger partial charge is 0.351 e. The minimum Gasteiger partial charge on any atom is -0.466 e. The monoisotopic (exact) mass is 329 g/mol. The lowest BCUT2D eigenvalue weighted by Gasteiger charge is -2.24. The Morgan fingerprint density at radius 3 is 2.39 bits per heavy atom. The third kappa shape index (κ3) is 3.27. The molecule has 0 aliphatic carbocycles. The third-order valence-electron chi connectivity index (χ3n) is 3.90. The number of carbonyl (C=O) groups is 1. The molecule has 0 spiro atoms. The molecule has 0 radical (unpaired) electrons. The summed E-state index contributed by atoms with van der Waals surface area (Å²) in [5.41, 5.74) is 1.12. The van der Waals surface area contributed by atoms with Crippen LogP contribution in [0.2, 0.25) is 0 Å². The maximum atomic E-state index is 12.5. The van der Waals surface area contributed by atoms with E-state index in [2.05, 4.69) is 0 Å². The first-order chi connectivity index (χ1) is 11.1. The lowest BCUT2D eigenvalue weighted by Crippen LogP contribution is -2.36. The van der Waals surface area contributed by atoms with Gasteiger partial charge in [0, 0.05) is 18.4 Å². The Morgan fingerprint density at radius 2 is 1.78 bits per heavy atom. The van der Waals surface area contributed by atoms with Gasteiger partial charge in [0.05, 0.1) is 13.2 Å². The summed E-state index contributed by atoms with van der Waals surface area (Å²) >= 11 is 1.40. The molecule has 5 heteroatoms. The molecule has 120 valence electrons. The average Bonchev–Trinajstić information content (AvgIpc) is 2.93. The van der Waals surface area contributed by atoms with Crippen molar-refractivity contribution < 1.29 is 14.4 Å². The summed E-state index contributed by atoms with van der Waals surface area (Å²) in [7, 11) is 3.25. The predicted molar refractivity (Wildman–Crippen MR) is 89.7 cm³/mol. The van der Waals surface area contributed by atoms with Gasteiger partial charge in [0.1, 0.15) is 0 Å².